The fraction of sp³-hybridized carbons (Fsp3) is 0.300. The number of nitrogens with zero attached hydrogens (tertiary/aromatic N) is 5. The number of rotatable bonds is 4. The highest BCUT2D eigenvalue weighted by Crippen LogP contribution is 2.31. The Bertz CT molecular complexity index is 1000. The molecule has 1 aromatic heterocycles. The molecule has 0 N–H and O–H groups in total. The number of benzene rings is 2. The number of carbonyl (C=O) groups is 1. The van der Waals surface area contributed by atoms with Crippen LogP contribution in [-0.4, -0.2) is 37.9 Å². The Hall–Kier alpha value is -2.67. The summed E-state index contributed by atoms with van der Waals surface area (Å²) in [6, 6.07) is 14.2. The Morgan fingerprint density at radius 2 is 1.96 bits per heavy atom. The van der Waals surface area contributed by atoms with Gasteiger partial charge in [0, 0.05) is 12.2 Å². The third kappa shape index (κ3) is 3.35. The van der Waals surface area contributed by atoms with Crippen molar-refractivity contribution in [1.82, 2.24) is 20.2 Å². The highest BCUT2D eigenvalue weighted by atomic mass is 32.2. The molecule has 0 bridgehead atoms. The van der Waals surface area contributed by atoms with Gasteiger partial charge in [-0.15, -0.1) is 5.10 Å². The summed E-state index contributed by atoms with van der Waals surface area (Å²) >= 11 is 1.39. The molecule has 0 fully saturated rings. The summed E-state index contributed by atoms with van der Waals surface area (Å²) < 4.78 is 1.71. The SMILES string of the molecule is Cc1ccc(-n2nnnc2SC(C)C(=O)N2CCc3ccccc32)c(C)c1. The van der Waals surface area contributed by atoms with E-state index in [2.05, 4.69) is 34.6 Å². The Labute approximate surface area is 162 Å². The van der Waals surface area contributed by atoms with Gasteiger partial charge in [0.15, 0.2) is 0 Å². The van der Waals surface area contributed by atoms with Crippen molar-refractivity contribution >= 4 is 23.4 Å². The lowest BCUT2D eigenvalue weighted by atomic mass is 10.1. The third-order valence-corrected chi connectivity index (χ3v) is 5.83. The van der Waals surface area contributed by atoms with Gasteiger partial charge in [0.05, 0.1) is 10.9 Å². The first-order valence-electron chi connectivity index (χ1n) is 8.96. The van der Waals surface area contributed by atoms with Crippen LogP contribution in [0.3, 0.4) is 0 Å². The van der Waals surface area contributed by atoms with Crippen LogP contribution in [0, 0.1) is 13.8 Å². The molecule has 1 amide bonds. The zero-order valence-electron chi connectivity index (χ0n) is 15.6. The van der Waals surface area contributed by atoms with E-state index in [1.165, 1.54) is 22.9 Å². The summed E-state index contributed by atoms with van der Waals surface area (Å²) in [5.41, 5.74) is 5.46. The van der Waals surface area contributed by atoms with Gasteiger partial charge >= 0.3 is 0 Å². The van der Waals surface area contributed by atoms with Crippen LogP contribution < -0.4 is 4.90 Å². The third-order valence-electron chi connectivity index (χ3n) is 4.80. The Morgan fingerprint density at radius 3 is 2.78 bits per heavy atom. The van der Waals surface area contributed by atoms with E-state index in [1.54, 1.807) is 4.68 Å². The maximum atomic E-state index is 13.0. The molecule has 0 aliphatic carbocycles. The van der Waals surface area contributed by atoms with Crippen molar-refractivity contribution in [2.45, 2.75) is 37.6 Å². The predicted molar refractivity (Wildman–Crippen MR) is 106 cm³/mol. The van der Waals surface area contributed by atoms with E-state index in [-0.39, 0.29) is 11.2 Å². The second-order valence-electron chi connectivity index (χ2n) is 6.79. The Balaban J connectivity index is 1.55. The van der Waals surface area contributed by atoms with Crippen molar-refractivity contribution in [1.29, 1.82) is 0 Å². The van der Waals surface area contributed by atoms with Gasteiger partial charge in [-0.2, -0.15) is 4.68 Å². The summed E-state index contributed by atoms with van der Waals surface area (Å²) in [6.07, 6.45) is 0.902. The Morgan fingerprint density at radius 1 is 1.15 bits per heavy atom. The fourth-order valence-corrected chi connectivity index (χ4v) is 4.30. The topological polar surface area (TPSA) is 63.9 Å². The second-order valence-corrected chi connectivity index (χ2v) is 8.10. The summed E-state index contributed by atoms with van der Waals surface area (Å²) in [6.45, 7) is 6.73. The number of aryl methyl sites for hydroxylation is 2. The number of fused-ring (bicyclic) bond motifs is 1. The summed E-state index contributed by atoms with van der Waals surface area (Å²) in [7, 11) is 0. The van der Waals surface area contributed by atoms with Crippen molar-refractivity contribution < 1.29 is 4.79 Å². The van der Waals surface area contributed by atoms with Gasteiger partial charge < -0.3 is 4.90 Å². The number of hydrogen-bond donors (Lipinski definition) is 0. The first kappa shape index (κ1) is 17.7. The molecule has 1 aliphatic heterocycles. The monoisotopic (exact) mass is 379 g/mol. The molecule has 27 heavy (non-hydrogen) atoms. The maximum absolute atomic E-state index is 13.0. The second kappa shape index (κ2) is 7.15. The van der Waals surface area contributed by atoms with Gasteiger partial charge in [-0.3, -0.25) is 4.79 Å². The lowest BCUT2D eigenvalue weighted by Gasteiger charge is -2.21. The quantitative estimate of drug-likeness (QED) is 0.651. The molecule has 2 heterocycles. The molecule has 3 aromatic rings. The number of amides is 1. The number of anilines is 1. The zero-order valence-corrected chi connectivity index (χ0v) is 16.4. The van der Waals surface area contributed by atoms with E-state index >= 15 is 0 Å². The average Bonchev–Trinajstić information content (AvgIpc) is 3.28. The Kier molecular flexibility index (Phi) is 4.70. The molecule has 4 rings (SSSR count). The number of hydrogen-bond acceptors (Lipinski definition) is 5. The molecule has 1 unspecified atom stereocenters. The van der Waals surface area contributed by atoms with Crippen molar-refractivity contribution in [2.75, 3.05) is 11.4 Å². The molecule has 0 radical (unpaired) electrons. The van der Waals surface area contributed by atoms with Crippen LogP contribution in [0.4, 0.5) is 5.69 Å². The molecule has 138 valence electrons. The van der Waals surface area contributed by atoms with E-state index in [0.29, 0.717) is 5.16 Å². The molecule has 0 saturated heterocycles. The number of aromatic nitrogens is 4. The van der Waals surface area contributed by atoms with Crippen LogP contribution in [0.25, 0.3) is 5.69 Å². The minimum Gasteiger partial charge on any atom is -0.311 e. The smallest absolute Gasteiger partial charge is 0.240 e. The van der Waals surface area contributed by atoms with Crippen molar-refractivity contribution in [3.63, 3.8) is 0 Å². The molecule has 1 atom stereocenters. The van der Waals surface area contributed by atoms with Gasteiger partial charge in [-0.1, -0.05) is 47.7 Å². The first-order chi connectivity index (χ1) is 13.0. The molecule has 7 heteroatoms. The number of carbonyl (C=O) groups excluding carboxylic acids is 1. The van der Waals surface area contributed by atoms with Gasteiger partial charge in [0.1, 0.15) is 0 Å². The normalized spacial score (nSPS) is 14.3. The van der Waals surface area contributed by atoms with Crippen LogP contribution in [0.5, 0.6) is 0 Å². The van der Waals surface area contributed by atoms with Crippen LogP contribution >= 0.6 is 11.8 Å². The van der Waals surface area contributed by atoms with E-state index in [0.717, 1.165) is 29.9 Å². The number of para-hydroxylation sites is 1. The molecule has 6 nitrogen and oxygen atoms in total. The minimum absolute atomic E-state index is 0.0835. The summed E-state index contributed by atoms with van der Waals surface area (Å²) in [4.78, 5) is 14.9. The summed E-state index contributed by atoms with van der Waals surface area (Å²) in [5, 5.41) is 12.4. The minimum atomic E-state index is -0.285. The lowest BCUT2D eigenvalue weighted by molar-refractivity contribution is -0.117. The van der Waals surface area contributed by atoms with Crippen molar-refractivity contribution in [3.8, 4) is 5.69 Å². The summed E-state index contributed by atoms with van der Waals surface area (Å²) in [5.74, 6) is 0.0835. The van der Waals surface area contributed by atoms with Gasteiger partial charge in [0.25, 0.3) is 0 Å². The van der Waals surface area contributed by atoms with Gasteiger partial charge in [0.2, 0.25) is 11.1 Å². The zero-order chi connectivity index (χ0) is 19.0. The van der Waals surface area contributed by atoms with E-state index in [4.69, 9.17) is 0 Å². The molecular formula is C20H21N5OS. The van der Waals surface area contributed by atoms with E-state index in [1.807, 2.05) is 49.1 Å². The first-order valence-corrected chi connectivity index (χ1v) is 9.84. The number of tetrazole rings is 1. The maximum Gasteiger partial charge on any atom is 0.240 e. The molecular weight excluding hydrogens is 358 g/mol. The fourth-order valence-electron chi connectivity index (χ4n) is 3.44. The highest BCUT2D eigenvalue weighted by molar-refractivity contribution is 8.00. The van der Waals surface area contributed by atoms with Crippen molar-refractivity contribution in [3.05, 3.63) is 59.2 Å². The molecule has 0 spiro atoms. The van der Waals surface area contributed by atoms with Crippen molar-refractivity contribution in [2.24, 2.45) is 0 Å². The molecule has 1 aliphatic rings. The highest BCUT2D eigenvalue weighted by Gasteiger charge is 2.29. The molecule has 2 aromatic carbocycles. The average molecular weight is 379 g/mol. The van der Waals surface area contributed by atoms with E-state index < -0.39 is 0 Å². The largest absolute Gasteiger partial charge is 0.311 e. The molecule has 0 saturated carbocycles. The van der Waals surface area contributed by atoms with Gasteiger partial charge in [-0.25, -0.2) is 0 Å². The van der Waals surface area contributed by atoms with Crippen LogP contribution in [0.2, 0.25) is 0 Å². The van der Waals surface area contributed by atoms with Crippen LogP contribution in [0.1, 0.15) is 23.6 Å². The lowest BCUT2D eigenvalue weighted by Crippen LogP contribution is -2.35. The van der Waals surface area contributed by atoms with Crippen LogP contribution in [0.15, 0.2) is 47.6 Å². The van der Waals surface area contributed by atoms with Crippen LogP contribution in [-0.2, 0) is 11.2 Å². The number of thioether (sulfide) groups is 1. The van der Waals surface area contributed by atoms with E-state index in [9.17, 15) is 4.79 Å². The predicted octanol–water partition coefficient (Wildman–Crippen LogP) is 3.35. The van der Waals surface area contributed by atoms with Gasteiger partial charge in [-0.05, 0) is 60.9 Å². The standard InChI is InChI=1S/C20H21N5OS/c1-13-8-9-17(14(2)12-13)25-20(21-22-23-25)27-15(3)19(26)24-11-10-16-6-4-5-7-18(16)24/h4-9,12,15H,10-11H2,1-3H3.